The van der Waals surface area contributed by atoms with E-state index >= 15 is 0 Å². The number of allylic oxidation sites excluding steroid dienone is 2. The summed E-state index contributed by atoms with van der Waals surface area (Å²) in [5.41, 5.74) is 8.48. The molecule has 54 valence electrons. The minimum Gasteiger partial charge on any atom is -0.377 e. The highest BCUT2D eigenvalue weighted by Crippen LogP contribution is 1.96. The van der Waals surface area contributed by atoms with E-state index in [-0.39, 0.29) is 13.1 Å². The van der Waals surface area contributed by atoms with Gasteiger partial charge in [-0.1, -0.05) is 19.6 Å². The fraction of sp³-hybridized carbons (Fsp3) is 0.286. The predicted octanol–water partition coefficient (Wildman–Crippen LogP) is 0.780. The maximum atomic E-state index is 8.94. The van der Waals surface area contributed by atoms with Gasteiger partial charge in [-0.25, -0.2) is 0 Å². The maximum absolute atomic E-state index is 8.94. The van der Waals surface area contributed by atoms with Crippen molar-refractivity contribution >= 4 is 5.71 Å². The van der Waals surface area contributed by atoms with Crippen LogP contribution in [0.4, 0.5) is 0 Å². The summed E-state index contributed by atoms with van der Waals surface area (Å²) in [4.78, 5) is 2.86. The molecule has 1 unspecified atom stereocenters. The normalized spacial score (nSPS) is 21.7. The first-order valence-corrected chi connectivity index (χ1v) is 2.59. The van der Waals surface area contributed by atoms with Crippen LogP contribution in [0.1, 0.15) is 7.43 Å². The maximum Gasteiger partial charge on any atom is 0.324 e. The van der Waals surface area contributed by atoms with Gasteiger partial charge in [-0.3, -0.25) is 0 Å². The number of rotatable bonds is 0. The molecule has 1 rings (SSSR count). The minimum atomic E-state index is -0.750. The van der Waals surface area contributed by atoms with Gasteiger partial charge >= 0.3 is 5.71 Å². The van der Waals surface area contributed by atoms with Gasteiger partial charge in [0.05, 0.1) is 0 Å². The zero-order chi connectivity index (χ0) is 6.69. The van der Waals surface area contributed by atoms with E-state index in [0.29, 0.717) is 0 Å². The number of hydrogen-bond donors (Lipinski definition) is 1. The van der Waals surface area contributed by atoms with Gasteiger partial charge in [0, 0.05) is 6.08 Å². The molecule has 0 amide bonds. The van der Waals surface area contributed by atoms with Crippen molar-refractivity contribution in [2.75, 3.05) is 0 Å². The van der Waals surface area contributed by atoms with Crippen molar-refractivity contribution in [1.29, 1.82) is 0 Å². The van der Waals surface area contributed by atoms with Crippen LogP contribution in [0, 0.1) is 0 Å². The summed E-state index contributed by atoms with van der Waals surface area (Å²) in [6.07, 6.45) is 5.72. The smallest absolute Gasteiger partial charge is 0.324 e. The second kappa shape index (κ2) is 3.77. The molecular weight excluding hydrogens is 128 g/mol. The van der Waals surface area contributed by atoms with E-state index in [2.05, 4.69) is 4.79 Å². The highest BCUT2D eigenvalue weighted by Gasteiger charge is 2.15. The molecule has 0 heterocycles. The molecule has 1 aliphatic rings. The Morgan fingerprint density at radius 3 is 2.60 bits per heavy atom. The monoisotopic (exact) mass is 138 g/mol. The van der Waals surface area contributed by atoms with E-state index in [1.165, 1.54) is 6.08 Å². The summed E-state index contributed by atoms with van der Waals surface area (Å²) >= 11 is 0. The summed E-state index contributed by atoms with van der Waals surface area (Å²) in [5, 5.41) is 8.94. The van der Waals surface area contributed by atoms with Crippen LogP contribution in [0.25, 0.3) is 5.53 Å². The molecule has 1 atom stereocenters. The Morgan fingerprint density at radius 2 is 2.20 bits per heavy atom. The van der Waals surface area contributed by atoms with Crippen molar-refractivity contribution < 1.29 is 9.90 Å². The van der Waals surface area contributed by atoms with E-state index in [9.17, 15) is 0 Å². The van der Waals surface area contributed by atoms with Crippen molar-refractivity contribution in [3.63, 3.8) is 0 Å². The fourth-order valence-electron chi connectivity index (χ4n) is 0.613. The first-order chi connectivity index (χ1) is 4.34. The third kappa shape index (κ3) is 1.65. The molecule has 0 aromatic rings. The summed E-state index contributed by atoms with van der Waals surface area (Å²) in [7, 11) is 0. The van der Waals surface area contributed by atoms with Crippen molar-refractivity contribution in [1.82, 2.24) is 0 Å². The van der Waals surface area contributed by atoms with E-state index < -0.39 is 6.10 Å². The highest BCUT2D eigenvalue weighted by atomic mass is 16.3. The van der Waals surface area contributed by atoms with Crippen LogP contribution in [-0.2, 0) is 0 Å². The molecule has 0 spiro atoms. The first kappa shape index (κ1) is 8.82. The molecule has 0 aromatic heterocycles. The Bertz CT molecular complexity index is 212. The molecule has 1 aliphatic carbocycles. The summed E-state index contributed by atoms with van der Waals surface area (Å²) in [6, 6.07) is 0. The molecule has 10 heavy (non-hydrogen) atoms. The topological polar surface area (TPSA) is 56.6 Å². The Balaban J connectivity index is 0.000000810. The molecule has 0 radical (unpaired) electrons. The molecule has 1 N–H and O–H groups in total. The summed E-state index contributed by atoms with van der Waals surface area (Å²) in [5.74, 6) is 0. The van der Waals surface area contributed by atoms with Gasteiger partial charge in [0.25, 0.3) is 0 Å². The third-order valence-electron chi connectivity index (χ3n) is 1.09. The Labute approximate surface area is 59.9 Å². The molecule has 0 saturated heterocycles. The molecule has 0 aliphatic heterocycles. The summed E-state index contributed by atoms with van der Waals surface area (Å²) < 4.78 is 0. The largest absolute Gasteiger partial charge is 0.377 e. The average Bonchev–Trinajstić information content (AvgIpc) is 1.89. The number of aliphatic hydroxyl groups is 1. The van der Waals surface area contributed by atoms with Gasteiger partial charge in [-0.15, -0.1) is 0 Å². The van der Waals surface area contributed by atoms with Crippen molar-refractivity contribution in [3.05, 3.63) is 29.8 Å². The van der Waals surface area contributed by atoms with Gasteiger partial charge < -0.3 is 10.6 Å². The lowest BCUT2D eigenvalue weighted by Gasteiger charge is -1.97. The van der Waals surface area contributed by atoms with Crippen molar-refractivity contribution in [3.8, 4) is 0 Å². The number of nitrogens with zero attached hydrogens (tertiary/aromatic N) is 2. The number of aliphatic hydroxyl groups excluding tert-OH is 1. The lowest BCUT2D eigenvalue weighted by molar-refractivity contribution is -0.0151. The molecule has 0 bridgehead atoms. The molecule has 3 nitrogen and oxygen atoms in total. The van der Waals surface area contributed by atoms with Crippen LogP contribution in [0.2, 0.25) is 0 Å². The number of hydrogen-bond acceptors (Lipinski definition) is 1. The Hall–Kier alpha value is -1.18. The zero-order valence-electron chi connectivity index (χ0n) is 4.73. The quantitative estimate of drug-likeness (QED) is 0.390. The SMILES string of the molecule is C.[N-]=[N+]=C1C=CC=CC1O. The predicted molar refractivity (Wildman–Crippen MR) is 39.6 cm³/mol. The Kier molecular flexibility index (Phi) is 3.33. The van der Waals surface area contributed by atoms with Crippen LogP contribution in [0.5, 0.6) is 0 Å². The standard InChI is InChI=1S/C6H6N2O.CH4/c7-8-5-3-1-2-4-6(5)9;/h1-4,6,9H;1H4. The minimum absolute atomic E-state index is 0. The van der Waals surface area contributed by atoms with Crippen LogP contribution in [0.15, 0.2) is 24.3 Å². The lowest BCUT2D eigenvalue weighted by atomic mass is 10.1. The second-order valence-corrected chi connectivity index (χ2v) is 1.71. The van der Waals surface area contributed by atoms with Crippen LogP contribution in [0.3, 0.4) is 0 Å². The highest BCUT2D eigenvalue weighted by molar-refractivity contribution is 5.96. The zero-order valence-corrected chi connectivity index (χ0v) is 4.73. The molecule has 0 fully saturated rings. The first-order valence-electron chi connectivity index (χ1n) is 2.59. The van der Waals surface area contributed by atoms with Gasteiger partial charge in [-0.2, -0.15) is 4.79 Å². The Morgan fingerprint density at radius 1 is 1.50 bits per heavy atom. The second-order valence-electron chi connectivity index (χ2n) is 1.71. The van der Waals surface area contributed by atoms with Gasteiger partial charge in [0.1, 0.15) is 0 Å². The molecule has 0 aromatic carbocycles. The molecule has 0 saturated carbocycles. The van der Waals surface area contributed by atoms with Gasteiger partial charge in [0.2, 0.25) is 0 Å². The van der Waals surface area contributed by atoms with E-state index in [1.807, 2.05) is 0 Å². The van der Waals surface area contributed by atoms with E-state index in [1.54, 1.807) is 18.2 Å². The average molecular weight is 138 g/mol. The third-order valence-corrected chi connectivity index (χ3v) is 1.09. The fourth-order valence-corrected chi connectivity index (χ4v) is 0.613. The van der Waals surface area contributed by atoms with Gasteiger partial charge in [0.15, 0.2) is 6.10 Å². The van der Waals surface area contributed by atoms with E-state index in [0.717, 1.165) is 0 Å². The van der Waals surface area contributed by atoms with E-state index in [4.69, 9.17) is 10.6 Å². The van der Waals surface area contributed by atoms with Crippen molar-refractivity contribution in [2.24, 2.45) is 0 Å². The molecule has 3 heteroatoms. The molecular formula is C7H10N2O. The van der Waals surface area contributed by atoms with Gasteiger partial charge in [-0.05, 0) is 6.08 Å². The van der Waals surface area contributed by atoms with Crippen LogP contribution < -0.4 is 0 Å². The van der Waals surface area contributed by atoms with Crippen LogP contribution >= 0.6 is 0 Å². The lowest BCUT2D eigenvalue weighted by Crippen LogP contribution is -2.17. The summed E-state index contributed by atoms with van der Waals surface area (Å²) in [6.45, 7) is 0. The van der Waals surface area contributed by atoms with Crippen LogP contribution in [-0.4, -0.2) is 21.7 Å². The van der Waals surface area contributed by atoms with Crippen molar-refractivity contribution in [2.45, 2.75) is 13.5 Å².